The minimum absolute atomic E-state index is 0.00943. The highest BCUT2D eigenvalue weighted by Gasteiger charge is 2.57. The number of hydrogen-bond donors (Lipinski definition) is 5. The molecule has 1 aliphatic carbocycles. The summed E-state index contributed by atoms with van der Waals surface area (Å²) >= 11 is 0. The second-order valence-corrected chi connectivity index (χ2v) is 16.4. The molecule has 0 bridgehead atoms. The molecule has 0 spiro atoms. The largest absolute Gasteiger partial charge is 0.447 e. The van der Waals surface area contributed by atoms with Crippen LogP contribution in [0.1, 0.15) is 94.4 Å². The van der Waals surface area contributed by atoms with E-state index in [1.54, 1.807) is 0 Å². The van der Waals surface area contributed by atoms with Crippen molar-refractivity contribution in [3.8, 4) is 0 Å². The van der Waals surface area contributed by atoms with Gasteiger partial charge in [-0.25, -0.2) is 9.59 Å². The molecule has 5 N–H and O–H groups in total. The van der Waals surface area contributed by atoms with Crippen molar-refractivity contribution in [3.05, 3.63) is 12.7 Å². The number of ether oxygens (including phenoxy) is 2. The first-order valence-corrected chi connectivity index (χ1v) is 18.0. The van der Waals surface area contributed by atoms with E-state index < -0.39 is 65.0 Å². The highest BCUT2D eigenvalue weighted by Crippen LogP contribution is 2.42. The van der Waals surface area contributed by atoms with Gasteiger partial charge in [0.15, 0.2) is 0 Å². The topological polar surface area (TPSA) is 170 Å². The normalized spacial score (nSPS) is 24.3. The summed E-state index contributed by atoms with van der Waals surface area (Å²) in [7, 11) is 0. The number of Topliss-reactive ketones (excluding diaryl/α,β-unsaturated/α-hetero) is 1. The number of nitrogens with zero attached hydrogens (tertiary/aromatic N) is 1. The van der Waals surface area contributed by atoms with E-state index in [2.05, 4.69) is 47.0 Å². The van der Waals surface area contributed by atoms with Crippen LogP contribution in [0.4, 0.5) is 9.59 Å². The highest BCUT2D eigenvalue weighted by molar-refractivity contribution is 6.38. The molecule has 2 heterocycles. The van der Waals surface area contributed by atoms with Gasteiger partial charge in [-0.1, -0.05) is 74.8 Å². The Morgan fingerprint density at radius 1 is 0.959 bits per heavy atom. The van der Waals surface area contributed by atoms with Crippen molar-refractivity contribution in [2.75, 3.05) is 26.2 Å². The van der Waals surface area contributed by atoms with Crippen LogP contribution in [0.3, 0.4) is 0 Å². The Kier molecular flexibility index (Phi) is 14.1. The molecule has 0 aromatic heterocycles. The Labute approximate surface area is 292 Å². The summed E-state index contributed by atoms with van der Waals surface area (Å²) in [4.78, 5) is 67.2. The second-order valence-electron chi connectivity index (χ2n) is 16.4. The van der Waals surface area contributed by atoms with Crippen molar-refractivity contribution < 1.29 is 33.4 Å². The molecule has 13 heteroatoms. The molecule has 3 rings (SSSR count). The van der Waals surface area contributed by atoms with Crippen molar-refractivity contribution in [1.82, 2.24) is 31.5 Å². The quantitative estimate of drug-likeness (QED) is 0.0878. The first-order valence-electron chi connectivity index (χ1n) is 18.0. The number of likely N-dealkylation sites (tertiary alicyclic amines) is 1. The van der Waals surface area contributed by atoms with Crippen LogP contribution in [0.15, 0.2) is 12.7 Å². The molecular formula is C36H62N6O7. The maximum absolute atomic E-state index is 14.0. The maximum atomic E-state index is 14.0. The molecule has 0 aromatic rings. The van der Waals surface area contributed by atoms with Crippen molar-refractivity contribution >= 4 is 29.7 Å². The fourth-order valence-corrected chi connectivity index (χ4v) is 6.42. The van der Waals surface area contributed by atoms with E-state index in [0.717, 1.165) is 19.3 Å². The van der Waals surface area contributed by atoms with Gasteiger partial charge in [0.25, 0.3) is 5.91 Å². The predicted molar refractivity (Wildman–Crippen MR) is 187 cm³/mol. The van der Waals surface area contributed by atoms with Gasteiger partial charge in [0, 0.05) is 19.6 Å². The number of epoxide rings is 1. The Hall–Kier alpha value is -3.19. The van der Waals surface area contributed by atoms with Gasteiger partial charge in [-0.3, -0.25) is 19.3 Å². The van der Waals surface area contributed by atoms with Gasteiger partial charge in [-0.15, -0.1) is 6.58 Å². The molecule has 0 radical (unpaired) electrons. The van der Waals surface area contributed by atoms with E-state index in [4.69, 9.17) is 9.47 Å². The van der Waals surface area contributed by atoms with Crippen LogP contribution in [-0.4, -0.2) is 97.4 Å². The fourth-order valence-electron chi connectivity index (χ4n) is 6.42. The maximum Gasteiger partial charge on any atom is 0.407 e. The summed E-state index contributed by atoms with van der Waals surface area (Å²) < 4.78 is 11.7. The van der Waals surface area contributed by atoms with Crippen molar-refractivity contribution in [3.63, 3.8) is 0 Å². The number of carbonyl (C=O) groups is 5. The molecule has 49 heavy (non-hydrogen) atoms. The first kappa shape index (κ1) is 40.2. The van der Waals surface area contributed by atoms with Gasteiger partial charge in [0.05, 0.1) is 24.2 Å². The smallest absolute Gasteiger partial charge is 0.407 e. The lowest BCUT2D eigenvalue weighted by Crippen LogP contribution is -2.58. The fraction of sp³-hybridized carbons (Fsp3) is 0.806. The Balaban J connectivity index is 1.70. The monoisotopic (exact) mass is 690 g/mol. The number of ketones is 1. The summed E-state index contributed by atoms with van der Waals surface area (Å²) in [6, 6.07) is -2.77. The minimum Gasteiger partial charge on any atom is -0.447 e. The molecule has 7 atom stereocenters. The summed E-state index contributed by atoms with van der Waals surface area (Å²) in [6.45, 7) is 23.0. The zero-order chi connectivity index (χ0) is 36.7. The summed E-state index contributed by atoms with van der Waals surface area (Å²) in [5, 5.41) is 14.3. The molecule has 3 fully saturated rings. The minimum atomic E-state index is -0.940. The SMILES string of the molecule is C=CCNC(=O)C(=O)C(CCC)NC(=O)C1[C@@H](C(C)C)CCN1C1OC1C(NC(=O)N[C@H](COC(=O)NCC1CC1)C(C)(C)C)C(C)(C)C. The van der Waals surface area contributed by atoms with Crippen molar-refractivity contribution in [1.29, 1.82) is 0 Å². The Bertz CT molecular complexity index is 1190. The van der Waals surface area contributed by atoms with Crippen LogP contribution in [0, 0.1) is 28.6 Å². The van der Waals surface area contributed by atoms with Gasteiger partial charge in [-0.05, 0) is 54.3 Å². The molecular weight excluding hydrogens is 628 g/mol. The van der Waals surface area contributed by atoms with Crippen LogP contribution >= 0.6 is 0 Å². The average Bonchev–Trinajstić information content (AvgIpc) is 3.95. The molecule has 2 saturated heterocycles. The van der Waals surface area contributed by atoms with Gasteiger partial charge in [0.1, 0.15) is 18.9 Å². The highest BCUT2D eigenvalue weighted by atomic mass is 16.6. The number of alkyl carbamates (subject to hydrolysis) is 1. The average molecular weight is 691 g/mol. The zero-order valence-electron chi connectivity index (χ0n) is 31.1. The van der Waals surface area contributed by atoms with Gasteiger partial charge in [-0.2, -0.15) is 0 Å². The van der Waals surface area contributed by atoms with E-state index in [0.29, 0.717) is 31.8 Å². The van der Waals surface area contributed by atoms with E-state index in [-0.39, 0.29) is 37.0 Å². The molecule has 0 aromatic carbocycles. The lowest BCUT2D eigenvalue weighted by atomic mass is 9.84. The molecule has 1 saturated carbocycles. The van der Waals surface area contributed by atoms with Crippen LogP contribution in [0.2, 0.25) is 0 Å². The van der Waals surface area contributed by atoms with E-state index in [9.17, 15) is 24.0 Å². The zero-order valence-corrected chi connectivity index (χ0v) is 31.1. The van der Waals surface area contributed by atoms with E-state index >= 15 is 0 Å². The standard InChI is InChI=1S/C36H62N6O7/c1-11-13-24(27(43)31(45)37-17-12-2)39-30(44)26-23(21(3)4)16-18-42(26)32-28(49-32)29(36(8,9)10)41-33(46)40-25(35(5,6)7)20-48-34(47)38-19-22-14-15-22/h12,21-26,28-29,32H,2,11,13-20H2,1,3-10H3,(H,37,45)(H,38,47)(H,39,44)(H2,40,41,46)/t23-,24?,25-,26?,28?,29?,32?/m1/s1. The molecule has 5 unspecified atom stereocenters. The molecule has 278 valence electrons. The van der Waals surface area contributed by atoms with Crippen LogP contribution in [0.5, 0.6) is 0 Å². The lowest BCUT2D eigenvalue weighted by molar-refractivity contribution is -0.140. The van der Waals surface area contributed by atoms with Crippen LogP contribution in [0.25, 0.3) is 0 Å². The molecule has 3 aliphatic rings. The van der Waals surface area contributed by atoms with Crippen LogP contribution < -0.4 is 26.6 Å². The Morgan fingerprint density at radius 2 is 1.63 bits per heavy atom. The molecule has 5 amide bonds. The summed E-state index contributed by atoms with van der Waals surface area (Å²) in [5.74, 6) is -1.01. The predicted octanol–water partition coefficient (Wildman–Crippen LogP) is 3.48. The van der Waals surface area contributed by atoms with Gasteiger partial charge in [0.2, 0.25) is 11.7 Å². The van der Waals surface area contributed by atoms with Gasteiger partial charge >= 0.3 is 12.1 Å². The Morgan fingerprint density at radius 3 is 2.18 bits per heavy atom. The third kappa shape index (κ3) is 11.7. The lowest BCUT2D eigenvalue weighted by Gasteiger charge is -2.35. The van der Waals surface area contributed by atoms with Crippen molar-refractivity contribution in [2.45, 2.75) is 131 Å². The molecule has 13 nitrogen and oxygen atoms in total. The number of rotatable bonds is 17. The van der Waals surface area contributed by atoms with Crippen molar-refractivity contribution in [2.24, 2.45) is 28.6 Å². The van der Waals surface area contributed by atoms with E-state index in [1.165, 1.54) is 6.08 Å². The number of amides is 5. The third-order valence-corrected chi connectivity index (χ3v) is 9.79. The van der Waals surface area contributed by atoms with E-state index in [1.807, 2.05) is 53.4 Å². The number of carbonyl (C=O) groups excluding carboxylic acids is 5. The van der Waals surface area contributed by atoms with Gasteiger partial charge < -0.3 is 36.1 Å². The molecule has 2 aliphatic heterocycles. The number of urea groups is 1. The first-order chi connectivity index (χ1) is 22.9. The summed E-state index contributed by atoms with van der Waals surface area (Å²) in [5.41, 5.74) is -0.797. The third-order valence-electron chi connectivity index (χ3n) is 9.79. The van der Waals surface area contributed by atoms with Crippen LogP contribution in [-0.2, 0) is 23.9 Å². The number of nitrogens with one attached hydrogen (secondary N) is 5. The number of hydrogen-bond acceptors (Lipinski definition) is 8. The second kappa shape index (κ2) is 17.2. The summed E-state index contributed by atoms with van der Waals surface area (Å²) in [6.07, 6.45) is 4.15.